The number of aryl methyl sites for hydroxylation is 1. The minimum atomic E-state index is -0.952. The second kappa shape index (κ2) is 11.2. The third-order valence-electron chi connectivity index (χ3n) is 7.46. The molecule has 3 amide bonds. The van der Waals surface area contributed by atoms with Gasteiger partial charge in [0.25, 0.3) is 5.91 Å². The molecule has 2 saturated heterocycles. The van der Waals surface area contributed by atoms with Crippen LogP contribution in [0.2, 0.25) is 0 Å². The van der Waals surface area contributed by atoms with Crippen LogP contribution in [-0.4, -0.2) is 67.7 Å². The van der Waals surface area contributed by atoms with Gasteiger partial charge in [-0.1, -0.05) is 43.3 Å². The molecule has 1 N–H and O–H groups in total. The molecule has 0 bridgehead atoms. The Morgan fingerprint density at radius 3 is 2.37 bits per heavy atom. The fourth-order valence-corrected chi connectivity index (χ4v) is 5.40. The van der Waals surface area contributed by atoms with Gasteiger partial charge in [-0.05, 0) is 67.1 Å². The highest BCUT2D eigenvalue weighted by atomic mass is 16.5. The van der Waals surface area contributed by atoms with E-state index >= 15 is 0 Å². The van der Waals surface area contributed by atoms with Gasteiger partial charge < -0.3 is 14.8 Å². The normalized spacial score (nSPS) is 21.4. The average Bonchev–Trinajstić information content (AvgIpc) is 3.12. The van der Waals surface area contributed by atoms with Gasteiger partial charge in [-0.25, -0.2) is 4.79 Å². The highest BCUT2D eigenvalue weighted by Gasteiger charge is 2.55. The van der Waals surface area contributed by atoms with Crippen molar-refractivity contribution in [2.75, 3.05) is 40.5 Å². The number of urea groups is 1. The maximum absolute atomic E-state index is 13.8. The minimum Gasteiger partial charge on any atom is -0.497 e. The molecule has 2 aliphatic heterocycles. The second-order valence-electron chi connectivity index (χ2n) is 9.60. The van der Waals surface area contributed by atoms with Crippen molar-refractivity contribution in [2.45, 2.75) is 44.7 Å². The Kier molecular flexibility index (Phi) is 8.08. The molecule has 7 heteroatoms. The Hall–Kier alpha value is -2.90. The first-order valence-electron chi connectivity index (χ1n) is 12.5. The number of carbonyl (C=O) groups excluding carboxylic acids is 2. The average molecular weight is 480 g/mol. The molecule has 0 aromatic heterocycles. The van der Waals surface area contributed by atoms with E-state index in [1.54, 1.807) is 14.2 Å². The van der Waals surface area contributed by atoms with Crippen LogP contribution in [-0.2, 0) is 28.9 Å². The molecular weight excluding hydrogens is 442 g/mol. The number of hydrogen-bond donors (Lipinski definition) is 1. The Bertz CT molecular complexity index is 1020. The molecule has 0 aliphatic carbocycles. The summed E-state index contributed by atoms with van der Waals surface area (Å²) in [5.41, 5.74) is 2.68. The van der Waals surface area contributed by atoms with Crippen molar-refractivity contribution in [1.29, 1.82) is 0 Å². The number of rotatable bonds is 10. The fraction of sp³-hybridized carbons (Fsp3) is 0.500. The smallest absolute Gasteiger partial charge is 0.325 e. The molecule has 188 valence electrons. The molecule has 35 heavy (non-hydrogen) atoms. The van der Waals surface area contributed by atoms with E-state index < -0.39 is 5.54 Å². The quantitative estimate of drug-likeness (QED) is 0.527. The van der Waals surface area contributed by atoms with Crippen LogP contribution in [0, 0.1) is 5.92 Å². The van der Waals surface area contributed by atoms with Gasteiger partial charge in [0.15, 0.2) is 0 Å². The summed E-state index contributed by atoms with van der Waals surface area (Å²) in [6.45, 7) is 5.43. The number of imide groups is 1. The van der Waals surface area contributed by atoms with E-state index in [9.17, 15) is 9.59 Å². The van der Waals surface area contributed by atoms with E-state index in [1.165, 1.54) is 16.0 Å². The molecule has 2 fully saturated rings. The lowest BCUT2D eigenvalue weighted by atomic mass is 9.74. The molecule has 0 saturated carbocycles. The summed E-state index contributed by atoms with van der Waals surface area (Å²) in [5.74, 6) is 0.655. The molecule has 2 aromatic rings. The Morgan fingerprint density at radius 1 is 1.00 bits per heavy atom. The molecule has 1 unspecified atom stereocenters. The number of amides is 3. The van der Waals surface area contributed by atoms with Crippen LogP contribution in [0.25, 0.3) is 0 Å². The van der Waals surface area contributed by atoms with Crippen LogP contribution in [0.3, 0.4) is 0 Å². The standard InChI is InChI=1S/C28H37N3O4/c1-4-21-8-10-22(11-9-21)20-30-14-12-24(13-15-30)28(19-23-6-5-7-25(18-23)35-3)26(32)31(16-17-34-2)27(33)29-28/h5-11,18,24H,4,12-17,19-20H2,1-3H3,(H,29,33). The van der Waals surface area contributed by atoms with E-state index in [1.807, 2.05) is 24.3 Å². The lowest BCUT2D eigenvalue weighted by Gasteiger charge is -2.41. The van der Waals surface area contributed by atoms with Crippen molar-refractivity contribution in [1.82, 2.24) is 15.1 Å². The van der Waals surface area contributed by atoms with Crippen molar-refractivity contribution in [3.63, 3.8) is 0 Å². The number of hydrogen-bond acceptors (Lipinski definition) is 5. The third-order valence-corrected chi connectivity index (χ3v) is 7.46. The number of benzene rings is 2. The van der Waals surface area contributed by atoms with Gasteiger partial charge in [-0.2, -0.15) is 0 Å². The molecule has 2 aliphatic rings. The Labute approximate surface area is 208 Å². The lowest BCUT2D eigenvalue weighted by molar-refractivity contribution is -0.134. The number of piperidine rings is 1. The highest BCUT2D eigenvalue weighted by Crippen LogP contribution is 2.37. The van der Waals surface area contributed by atoms with Gasteiger partial charge in [-0.15, -0.1) is 0 Å². The lowest BCUT2D eigenvalue weighted by Crippen LogP contribution is -2.57. The topological polar surface area (TPSA) is 71.1 Å². The summed E-state index contributed by atoms with van der Waals surface area (Å²) in [6, 6.07) is 16.3. The van der Waals surface area contributed by atoms with Crippen LogP contribution >= 0.6 is 0 Å². The summed E-state index contributed by atoms with van der Waals surface area (Å²) in [4.78, 5) is 30.5. The van der Waals surface area contributed by atoms with Crippen LogP contribution in [0.15, 0.2) is 48.5 Å². The molecule has 4 rings (SSSR count). The summed E-state index contributed by atoms with van der Waals surface area (Å²) in [5, 5.41) is 3.13. The fourth-order valence-electron chi connectivity index (χ4n) is 5.40. The van der Waals surface area contributed by atoms with Gasteiger partial charge in [0.1, 0.15) is 11.3 Å². The zero-order valence-corrected chi connectivity index (χ0v) is 21.1. The zero-order valence-electron chi connectivity index (χ0n) is 21.1. The molecule has 2 heterocycles. The van der Waals surface area contributed by atoms with Crippen molar-refractivity contribution in [3.05, 3.63) is 65.2 Å². The first-order valence-corrected chi connectivity index (χ1v) is 12.5. The largest absolute Gasteiger partial charge is 0.497 e. The van der Waals surface area contributed by atoms with Crippen molar-refractivity contribution < 1.29 is 19.1 Å². The SMILES string of the molecule is CCc1ccc(CN2CCC(C3(Cc4cccc(OC)c4)NC(=O)N(CCOC)C3=O)CC2)cc1. The number of methoxy groups -OCH3 is 2. The van der Waals surface area contributed by atoms with Crippen molar-refractivity contribution in [3.8, 4) is 5.75 Å². The van der Waals surface area contributed by atoms with E-state index in [0.29, 0.717) is 13.0 Å². The third kappa shape index (κ3) is 5.52. The molecule has 7 nitrogen and oxygen atoms in total. The van der Waals surface area contributed by atoms with E-state index in [0.717, 1.165) is 50.2 Å². The summed E-state index contributed by atoms with van der Waals surface area (Å²) in [6.07, 6.45) is 3.19. The van der Waals surface area contributed by atoms with Crippen LogP contribution in [0.1, 0.15) is 36.5 Å². The van der Waals surface area contributed by atoms with E-state index in [4.69, 9.17) is 9.47 Å². The maximum atomic E-state index is 13.8. The van der Waals surface area contributed by atoms with Gasteiger partial charge in [0.2, 0.25) is 0 Å². The van der Waals surface area contributed by atoms with Crippen LogP contribution in [0.4, 0.5) is 4.79 Å². The van der Waals surface area contributed by atoms with Gasteiger partial charge in [0, 0.05) is 20.1 Å². The maximum Gasteiger partial charge on any atom is 0.325 e. The molecule has 2 aromatic carbocycles. The van der Waals surface area contributed by atoms with Gasteiger partial charge in [-0.3, -0.25) is 14.6 Å². The number of nitrogens with one attached hydrogen (secondary N) is 1. The van der Waals surface area contributed by atoms with E-state index in [2.05, 4.69) is 41.4 Å². The first-order chi connectivity index (χ1) is 17.0. The summed E-state index contributed by atoms with van der Waals surface area (Å²) >= 11 is 0. The van der Waals surface area contributed by atoms with Crippen LogP contribution in [0.5, 0.6) is 5.75 Å². The zero-order chi connectivity index (χ0) is 24.8. The summed E-state index contributed by atoms with van der Waals surface area (Å²) < 4.78 is 10.5. The van der Waals surface area contributed by atoms with Crippen molar-refractivity contribution >= 4 is 11.9 Å². The summed E-state index contributed by atoms with van der Waals surface area (Å²) in [7, 11) is 3.21. The number of ether oxygens (including phenoxy) is 2. The van der Waals surface area contributed by atoms with E-state index in [-0.39, 0.29) is 24.4 Å². The molecular formula is C28H37N3O4. The molecule has 0 spiro atoms. The number of likely N-dealkylation sites (tertiary alicyclic amines) is 1. The molecule has 1 atom stereocenters. The first kappa shape index (κ1) is 25.2. The predicted octanol–water partition coefficient (Wildman–Crippen LogP) is 3.65. The monoisotopic (exact) mass is 479 g/mol. The number of nitrogens with zero attached hydrogens (tertiary/aromatic N) is 2. The van der Waals surface area contributed by atoms with Gasteiger partial charge >= 0.3 is 6.03 Å². The highest BCUT2D eigenvalue weighted by molar-refractivity contribution is 6.07. The van der Waals surface area contributed by atoms with Crippen molar-refractivity contribution in [2.24, 2.45) is 5.92 Å². The number of carbonyl (C=O) groups is 2. The second-order valence-corrected chi connectivity index (χ2v) is 9.60. The molecule has 0 radical (unpaired) electrons. The Morgan fingerprint density at radius 2 is 1.71 bits per heavy atom. The minimum absolute atomic E-state index is 0.0522. The predicted molar refractivity (Wildman–Crippen MR) is 135 cm³/mol. The van der Waals surface area contributed by atoms with Crippen LogP contribution < -0.4 is 10.1 Å². The van der Waals surface area contributed by atoms with Gasteiger partial charge in [0.05, 0.1) is 20.3 Å². The Balaban J connectivity index is 1.51.